The molecule has 0 aliphatic carbocycles. The van der Waals surface area contributed by atoms with Crippen molar-refractivity contribution in [2.45, 2.75) is 50.6 Å². The Balaban J connectivity index is 1.36. The molecule has 1 atom stereocenters. The molecular formula is C24H31N5O4S. The Morgan fingerprint density at radius 1 is 1.18 bits per heavy atom. The Labute approximate surface area is 200 Å². The minimum atomic E-state index is -3.67. The molecule has 1 fully saturated rings. The summed E-state index contributed by atoms with van der Waals surface area (Å²) in [6.07, 6.45) is 1.88. The molecule has 1 aliphatic heterocycles. The molecule has 0 bridgehead atoms. The lowest BCUT2D eigenvalue weighted by atomic mass is 9.97. The van der Waals surface area contributed by atoms with Crippen LogP contribution in [0, 0.1) is 5.92 Å². The number of carbonyl (C=O) groups is 1. The standard InChI is InChI=1S/C24H31N5O4S/c1-4-17(2)29-23-10-9-21(15-22(23)26-27-29)34(31,32)28-13-11-19(12-14-28)24(30)25-16-18-5-7-20(33-3)8-6-18/h5-10,15,17,19H,4,11-14,16H2,1-3H3,(H,25,30)/t17-/m1/s1. The Kier molecular flexibility index (Phi) is 7.18. The van der Waals surface area contributed by atoms with Crippen LogP contribution in [-0.2, 0) is 21.4 Å². The molecule has 10 heteroatoms. The monoisotopic (exact) mass is 485 g/mol. The topological polar surface area (TPSA) is 106 Å². The third-order valence-electron chi connectivity index (χ3n) is 6.54. The van der Waals surface area contributed by atoms with Crippen LogP contribution in [0.15, 0.2) is 47.4 Å². The molecule has 9 nitrogen and oxygen atoms in total. The summed E-state index contributed by atoms with van der Waals surface area (Å²) in [5, 5.41) is 11.3. The van der Waals surface area contributed by atoms with Crippen molar-refractivity contribution >= 4 is 27.0 Å². The van der Waals surface area contributed by atoms with Crippen molar-refractivity contribution in [3.05, 3.63) is 48.0 Å². The van der Waals surface area contributed by atoms with Gasteiger partial charge in [-0.15, -0.1) is 5.10 Å². The molecule has 34 heavy (non-hydrogen) atoms. The van der Waals surface area contributed by atoms with Crippen LogP contribution >= 0.6 is 0 Å². The molecule has 182 valence electrons. The number of fused-ring (bicyclic) bond motifs is 1. The van der Waals surface area contributed by atoms with E-state index in [0.29, 0.717) is 38.0 Å². The van der Waals surface area contributed by atoms with Crippen LogP contribution in [-0.4, -0.2) is 53.8 Å². The van der Waals surface area contributed by atoms with Gasteiger partial charge >= 0.3 is 0 Å². The average Bonchev–Trinajstić information content (AvgIpc) is 3.30. The molecule has 3 aromatic rings. The first kappa shape index (κ1) is 24.2. The zero-order chi connectivity index (χ0) is 24.3. The number of nitrogens with zero attached hydrogens (tertiary/aromatic N) is 4. The van der Waals surface area contributed by atoms with E-state index in [1.165, 1.54) is 4.31 Å². The minimum Gasteiger partial charge on any atom is -0.497 e. The second-order valence-electron chi connectivity index (χ2n) is 8.69. The maximum atomic E-state index is 13.2. The number of rotatable bonds is 8. The van der Waals surface area contributed by atoms with E-state index in [1.807, 2.05) is 28.9 Å². The summed E-state index contributed by atoms with van der Waals surface area (Å²) in [6, 6.07) is 12.7. The van der Waals surface area contributed by atoms with Crippen LogP contribution in [0.4, 0.5) is 0 Å². The number of nitrogens with one attached hydrogen (secondary N) is 1. The number of aromatic nitrogens is 3. The Morgan fingerprint density at radius 2 is 1.88 bits per heavy atom. The van der Waals surface area contributed by atoms with E-state index in [1.54, 1.807) is 25.3 Å². The fourth-order valence-corrected chi connectivity index (χ4v) is 5.66. The lowest BCUT2D eigenvalue weighted by Gasteiger charge is -2.30. The molecule has 0 unspecified atom stereocenters. The van der Waals surface area contributed by atoms with Crippen molar-refractivity contribution < 1.29 is 17.9 Å². The third kappa shape index (κ3) is 4.92. The predicted molar refractivity (Wildman–Crippen MR) is 129 cm³/mol. The van der Waals surface area contributed by atoms with Crippen LogP contribution in [0.25, 0.3) is 11.0 Å². The van der Waals surface area contributed by atoms with Gasteiger partial charge in [0.1, 0.15) is 11.3 Å². The molecule has 1 saturated heterocycles. The number of hydrogen-bond acceptors (Lipinski definition) is 6. The van der Waals surface area contributed by atoms with Crippen molar-refractivity contribution in [1.29, 1.82) is 0 Å². The molecule has 0 spiro atoms. The summed E-state index contributed by atoms with van der Waals surface area (Å²) >= 11 is 0. The molecule has 1 amide bonds. The van der Waals surface area contributed by atoms with E-state index in [2.05, 4.69) is 29.5 Å². The van der Waals surface area contributed by atoms with Crippen LogP contribution in [0.3, 0.4) is 0 Å². The maximum absolute atomic E-state index is 13.2. The zero-order valence-corrected chi connectivity index (χ0v) is 20.6. The highest BCUT2D eigenvalue weighted by molar-refractivity contribution is 7.89. The van der Waals surface area contributed by atoms with Crippen LogP contribution < -0.4 is 10.1 Å². The van der Waals surface area contributed by atoms with Gasteiger partial charge in [0, 0.05) is 25.6 Å². The van der Waals surface area contributed by atoms with Gasteiger partial charge in [-0.2, -0.15) is 4.31 Å². The summed E-state index contributed by atoms with van der Waals surface area (Å²) in [5.41, 5.74) is 2.37. The number of ether oxygens (including phenoxy) is 1. The van der Waals surface area contributed by atoms with Gasteiger partial charge in [-0.25, -0.2) is 13.1 Å². The summed E-state index contributed by atoms with van der Waals surface area (Å²) in [7, 11) is -2.06. The van der Waals surface area contributed by atoms with Crippen molar-refractivity contribution in [2.75, 3.05) is 20.2 Å². The van der Waals surface area contributed by atoms with Crippen molar-refractivity contribution in [3.63, 3.8) is 0 Å². The Bertz CT molecular complexity index is 1250. The second kappa shape index (κ2) is 10.1. The molecule has 1 N–H and O–H groups in total. The molecule has 1 aromatic heterocycles. The maximum Gasteiger partial charge on any atom is 0.243 e. The quantitative estimate of drug-likeness (QED) is 0.525. The number of carbonyl (C=O) groups excluding carboxylic acids is 1. The molecule has 1 aliphatic rings. The highest BCUT2D eigenvalue weighted by Crippen LogP contribution is 2.27. The van der Waals surface area contributed by atoms with Crippen LogP contribution in [0.5, 0.6) is 5.75 Å². The van der Waals surface area contributed by atoms with Gasteiger partial charge < -0.3 is 10.1 Å². The van der Waals surface area contributed by atoms with Gasteiger partial charge in [-0.3, -0.25) is 4.79 Å². The Morgan fingerprint density at radius 3 is 2.53 bits per heavy atom. The van der Waals surface area contributed by atoms with E-state index in [9.17, 15) is 13.2 Å². The molecule has 2 heterocycles. The van der Waals surface area contributed by atoms with Crippen molar-refractivity contribution in [2.24, 2.45) is 5.92 Å². The summed E-state index contributed by atoms with van der Waals surface area (Å²) in [6.45, 7) is 5.16. The highest BCUT2D eigenvalue weighted by Gasteiger charge is 2.32. The van der Waals surface area contributed by atoms with Gasteiger partial charge in [-0.05, 0) is 62.1 Å². The van der Waals surface area contributed by atoms with E-state index in [-0.39, 0.29) is 22.8 Å². The second-order valence-corrected chi connectivity index (χ2v) is 10.6. The largest absolute Gasteiger partial charge is 0.497 e. The molecule has 2 aromatic carbocycles. The summed E-state index contributed by atoms with van der Waals surface area (Å²) < 4.78 is 34.9. The number of hydrogen-bond donors (Lipinski definition) is 1. The summed E-state index contributed by atoms with van der Waals surface area (Å²) in [5.74, 6) is 0.515. The van der Waals surface area contributed by atoms with Gasteiger partial charge in [0.15, 0.2) is 0 Å². The predicted octanol–water partition coefficient (Wildman–Crippen LogP) is 3.13. The third-order valence-corrected chi connectivity index (χ3v) is 8.43. The Hall–Kier alpha value is -2.98. The van der Waals surface area contributed by atoms with E-state index in [4.69, 9.17) is 4.74 Å². The number of piperidine rings is 1. The fourth-order valence-electron chi connectivity index (χ4n) is 4.16. The van der Waals surface area contributed by atoms with Crippen LogP contribution in [0.2, 0.25) is 0 Å². The molecule has 4 rings (SSSR count). The number of sulfonamides is 1. The van der Waals surface area contributed by atoms with Crippen LogP contribution in [0.1, 0.15) is 44.7 Å². The van der Waals surface area contributed by atoms with E-state index >= 15 is 0 Å². The normalized spacial score (nSPS) is 16.4. The molecular weight excluding hydrogens is 454 g/mol. The van der Waals surface area contributed by atoms with E-state index in [0.717, 1.165) is 23.3 Å². The zero-order valence-electron chi connectivity index (χ0n) is 19.8. The lowest BCUT2D eigenvalue weighted by Crippen LogP contribution is -2.42. The number of benzene rings is 2. The smallest absolute Gasteiger partial charge is 0.243 e. The number of amides is 1. The van der Waals surface area contributed by atoms with Gasteiger partial charge in [0.25, 0.3) is 0 Å². The minimum absolute atomic E-state index is 0.0454. The molecule has 0 radical (unpaired) electrons. The average molecular weight is 486 g/mol. The van der Waals surface area contributed by atoms with Gasteiger partial charge in [0.2, 0.25) is 15.9 Å². The van der Waals surface area contributed by atoms with Crippen molar-refractivity contribution in [1.82, 2.24) is 24.6 Å². The van der Waals surface area contributed by atoms with E-state index < -0.39 is 10.0 Å². The first-order chi connectivity index (χ1) is 16.3. The SMILES string of the molecule is CC[C@@H](C)n1nnc2cc(S(=O)(=O)N3CCC(C(=O)NCc4ccc(OC)cc4)CC3)ccc21. The summed E-state index contributed by atoms with van der Waals surface area (Å²) in [4.78, 5) is 12.8. The van der Waals surface area contributed by atoms with Crippen molar-refractivity contribution in [3.8, 4) is 5.75 Å². The first-order valence-electron chi connectivity index (χ1n) is 11.6. The van der Waals surface area contributed by atoms with Gasteiger partial charge in [0.05, 0.1) is 23.6 Å². The van der Waals surface area contributed by atoms with Gasteiger partial charge in [-0.1, -0.05) is 24.3 Å². The molecule has 0 saturated carbocycles. The first-order valence-corrected chi connectivity index (χ1v) is 13.0. The lowest BCUT2D eigenvalue weighted by molar-refractivity contribution is -0.126. The fraction of sp³-hybridized carbons (Fsp3) is 0.458. The highest BCUT2D eigenvalue weighted by atomic mass is 32.2. The number of methoxy groups -OCH3 is 1.